The third kappa shape index (κ3) is 6.99. The lowest BCUT2D eigenvalue weighted by molar-refractivity contribution is 0.0601. The highest BCUT2D eigenvalue weighted by Crippen LogP contribution is 2.38. The first-order valence-electron chi connectivity index (χ1n) is 13.7. The molecule has 39 heavy (non-hydrogen) atoms. The van der Waals surface area contributed by atoms with Crippen LogP contribution in [0.15, 0.2) is 60.9 Å². The van der Waals surface area contributed by atoms with Gasteiger partial charge in [0.25, 0.3) is 0 Å². The zero-order chi connectivity index (χ0) is 28.0. The monoisotopic (exact) mass is 547 g/mol. The summed E-state index contributed by atoms with van der Waals surface area (Å²) in [7, 11) is 1.86. The van der Waals surface area contributed by atoms with E-state index in [2.05, 4.69) is 91.7 Å². The van der Waals surface area contributed by atoms with E-state index in [1.54, 1.807) is 18.5 Å². The Kier molecular flexibility index (Phi) is 9.30. The van der Waals surface area contributed by atoms with Gasteiger partial charge in [-0.05, 0) is 66.9 Å². The van der Waals surface area contributed by atoms with E-state index < -0.39 is 8.32 Å². The SMILES string of the molecule is COC(=O)c1ccncc1NC[C@@H]1CCOc2cc(N(C)c3ccc(CCO[Si](C)(C)C(C)C)cc3)ccc21. The third-order valence-electron chi connectivity index (χ3n) is 7.89. The summed E-state index contributed by atoms with van der Waals surface area (Å²) in [6, 6.07) is 16.8. The van der Waals surface area contributed by atoms with Crippen molar-refractivity contribution in [2.45, 2.75) is 51.2 Å². The number of carbonyl (C=O) groups is 1. The number of ether oxygens (including phenoxy) is 2. The van der Waals surface area contributed by atoms with Crippen molar-refractivity contribution in [3.05, 3.63) is 77.6 Å². The summed E-state index contributed by atoms with van der Waals surface area (Å²) in [5.74, 6) is 0.782. The highest BCUT2D eigenvalue weighted by atomic mass is 28.4. The van der Waals surface area contributed by atoms with Crippen LogP contribution >= 0.6 is 0 Å². The molecule has 7 nitrogen and oxygen atoms in total. The third-order valence-corrected chi connectivity index (χ3v) is 11.6. The molecule has 0 spiro atoms. The molecule has 1 aliphatic rings. The molecule has 0 saturated heterocycles. The van der Waals surface area contributed by atoms with E-state index in [0.717, 1.165) is 42.1 Å². The van der Waals surface area contributed by atoms with E-state index >= 15 is 0 Å². The molecule has 4 rings (SSSR count). The lowest BCUT2D eigenvalue weighted by Crippen LogP contribution is -2.34. The number of nitrogens with one attached hydrogen (secondary N) is 1. The topological polar surface area (TPSA) is 72.9 Å². The molecule has 1 N–H and O–H groups in total. The first kappa shape index (κ1) is 28.6. The molecule has 3 aromatic rings. The van der Waals surface area contributed by atoms with Gasteiger partial charge in [0.2, 0.25) is 0 Å². The molecule has 8 heteroatoms. The van der Waals surface area contributed by atoms with Gasteiger partial charge in [0.15, 0.2) is 8.32 Å². The van der Waals surface area contributed by atoms with Crippen LogP contribution in [0.4, 0.5) is 17.1 Å². The zero-order valence-corrected chi connectivity index (χ0v) is 25.0. The van der Waals surface area contributed by atoms with E-state index in [0.29, 0.717) is 29.9 Å². The number of nitrogens with zero attached hydrogens (tertiary/aromatic N) is 2. The summed E-state index contributed by atoms with van der Waals surface area (Å²) in [5, 5.41) is 3.40. The number of pyridine rings is 1. The molecule has 0 fully saturated rings. The van der Waals surface area contributed by atoms with Crippen LogP contribution in [0, 0.1) is 0 Å². The molecule has 0 saturated carbocycles. The van der Waals surface area contributed by atoms with Crippen molar-refractivity contribution in [1.29, 1.82) is 0 Å². The van der Waals surface area contributed by atoms with Gasteiger partial charge in [-0.25, -0.2) is 4.79 Å². The molecule has 0 aliphatic carbocycles. The minimum absolute atomic E-state index is 0.254. The molecule has 2 aromatic carbocycles. The van der Waals surface area contributed by atoms with Crippen molar-refractivity contribution < 1.29 is 18.7 Å². The average Bonchev–Trinajstić information content (AvgIpc) is 2.95. The first-order chi connectivity index (χ1) is 18.7. The Bertz CT molecular complexity index is 1260. The average molecular weight is 548 g/mol. The van der Waals surface area contributed by atoms with E-state index in [4.69, 9.17) is 13.9 Å². The van der Waals surface area contributed by atoms with Gasteiger partial charge in [-0.15, -0.1) is 0 Å². The molecular formula is C31H41N3O4Si. The maximum atomic E-state index is 12.1. The lowest BCUT2D eigenvalue weighted by Gasteiger charge is -2.29. The Morgan fingerprint density at radius 1 is 1.15 bits per heavy atom. The highest BCUT2D eigenvalue weighted by molar-refractivity contribution is 6.72. The van der Waals surface area contributed by atoms with Gasteiger partial charge in [-0.1, -0.05) is 32.0 Å². The predicted molar refractivity (Wildman–Crippen MR) is 160 cm³/mol. The molecule has 208 valence electrons. The summed E-state index contributed by atoms with van der Waals surface area (Å²) < 4.78 is 17.2. The number of esters is 1. The van der Waals surface area contributed by atoms with Crippen LogP contribution in [0.1, 0.15) is 47.7 Å². The van der Waals surface area contributed by atoms with Gasteiger partial charge in [-0.3, -0.25) is 4.98 Å². The second-order valence-electron chi connectivity index (χ2n) is 10.9. The van der Waals surface area contributed by atoms with E-state index in [1.165, 1.54) is 12.7 Å². The number of hydrogen-bond acceptors (Lipinski definition) is 7. The Morgan fingerprint density at radius 2 is 1.90 bits per heavy atom. The number of carbonyl (C=O) groups excluding carboxylic acids is 1. The number of hydrogen-bond donors (Lipinski definition) is 1. The van der Waals surface area contributed by atoms with Crippen molar-refractivity contribution >= 4 is 31.3 Å². The summed E-state index contributed by atoms with van der Waals surface area (Å²) in [6.45, 7) is 11.2. The molecule has 0 bridgehead atoms. The number of fused-ring (bicyclic) bond motifs is 1. The molecule has 1 aliphatic heterocycles. The normalized spacial score (nSPS) is 14.9. The molecule has 0 amide bonds. The van der Waals surface area contributed by atoms with Crippen LogP contribution in [-0.4, -0.2) is 53.2 Å². The Balaban J connectivity index is 1.40. The van der Waals surface area contributed by atoms with Crippen LogP contribution in [-0.2, 0) is 15.6 Å². The summed E-state index contributed by atoms with van der Waals surface area (Å²) in [6.07, 6.45) is 5.08. The second-order valence-corrected chi connectivity index (χ2v) is 15.6. The number of rotatable bonds is 11. The fourth-order valence-corrected chi connectivity index (χ4v) is 5.52. The van der Waals surface area contributed by atoms with Gasteiger partial charge in [0.1, 0.15) is 5.75 Å². The maximum absolute atomic E-state index is 12.1. The summed E-state index contributed by atoms with van der Waals surface area (Å²) in [4.78, 5) is 18.4. The van der Waals surface area contributed by atoms with Gasteiger partial charge < -0.3 is 24.1 Å². The summed E-state index contributed by atoms with van der Waals surface area (Å²) >= 11 is 0. The van der Waals surface area contributed by atoms with Crippen molar-refractivity contribution in [3.8, 4) is 5.75 Å². The number of aromatic nitrogens is 1. The van der Waals surface area contributed by atoms with Crippen molar-refractivity contribution in [3.63, 3.8) is 0 Å². The maximum Gasteiger partial charge on any atom is 0.340 e. The number of benzene rings is 2. The number of anilines is 3. The van der Waals surface area contributed by atoms with Crippen LogP contribution in [0.3, 0.4) is 0 Å². The quantitative estimate of drug-likeness (QED) is 0.209. The molecule has 1 atom stereocenters. The van der Waals surface area contributed by atoms with Gasteiger partial charge in [0, 0.05) is 49.8 Å². The molecular weight excluding hydrogens is 506 g/mol. The van der Waals surface area contributed by atoms with Crippen LogP contribution in [0.2, 0.25) is 18.6 Å². The van der Waals surface area contributed by atoms with Crippen LogP contribution in [0.5, 0.6) is 5.75 Å². The molecule has 0 radical (unpaired) electrons. The van der Waals surface area contributed by atoms with Crippen molar-refractivity contribution in [2.75, 3.05) is 44.1 Å². The smallest absolute Gasteiger partial charge is 0.340 e. The first-order valence-corrected chi connectivity index (χ1v) is 16.7. The van der Waals surface area contributed by atoms with Crippen molar-refractivity contribution in [2.24, 2.45) is 0 Å². The van der Waals surface area contributed by atoms with E-state index in [1.807, 2.05) is 0 Å². The highest BCUT2D eigenvalue weighted by Gasteiger charge is 2.26. The molecule has 0 unspecified atom stereocenters. The lowest BCUT2D eigenvalue weighted by atomic mass is 9.92. The van der Waals surface area contributed by atoms with Crippen LogP contribution < -0.4 is 15.0 Å². The van der Waals surface area contributed by atoms with E-state index in [9.17, 15) is 4.79 Å². The Hall–Kier alpha value is -3.36. The van der Waals surface area contributed by atoms with Gasteiger partial charge in [-0.2, -0.15) is 0 Å². The molecule has 1 aromatic heterocycles. The fourth-order valence-electron chi connectivity index (χ4n) is 4.56. The Morgan fingerprint density at radius 3 is 2.62 bits per heavy atom. The van der Waals surface area contributed by atoms with Gasteiger partial charge in [0.05, 0.1) is 31.2 Å². The number of methoxy groups -OCH3 is 1. The fraction of sp³-hybridized carbons (Fsp3) is 0.419. The standard InChI is InChI=1S/C31H41N3O4Si/c1-22(2)39(5,6)38-18-14-23-7-9-25(10-8-23)34(3)26-11-12-27-24(15-17-37-30(27)19-26)20-33-29-21-32-16-13-28(29)31(35)36-4/h7-13,16,19,21-22,24,33H,14-15,17-18,20H2,1-6H3/t24-/m0/s1. The molecule has 2 heterocycles. The van der Waals surface area contributed by atoms with Gasteiger partial charge >= 0.3 is 5.97 Å². The summed E-state index contributed by atoms with van der Waals surface area (Å²) in [5.41, 5.74) is 6.42. The minimum Gasteiger partial charge on any atom is -0.493 e. The predicted octanol–water partition coefficient (Wildman–Crippen LogP) is 6.79. The van der Waals surface area contributed by atoms with E-state index in [-0.39, 0.29) is 11.9 Å². The minimum atomic E-state index is -1.60. The van der Waals surface area contributed by atoms with Crippen LogP contribution in [0.25, 0.3) is 0 Å². The zero-order valence-electron chi connectivity index (χ0n) is 24.0. The van der Waals surface area contributed by atoms with Crippen molar-refractivity contribution in [1.82, 2.24) is 4.98 Å². The second kappa shape index (κ2) is 12.7. The Labute approximate surface area is 233 Å². The largest absolute Gasteiger partial charge is 0.493 e.